The van der Waals surface area contributed by atoms with Crippen LogP contribution >= 0.6 is 0 Å². The van der Waals surface area contributed by atoms with Crippen LogP contribution in [0.1, 0.15) is 77.0 Å². The van der Waals surface area contributed by atoms with Crippen molar-refractivity contribution in [1.82, 2.24) is 0 Å². The molecular formula is C19H33NO. The van der Waals surface area contributed by atoms with E-state index in [-0.39, 0.29) is 11.5 Å². The highest BCUT2D eigenvalue weighted by Gasteiger charge is 2.14. The highest BCUT2D eigenvalue weighted by Crippen LogP contribution is 2.23. The van der Waals surface area contributed by atoms with Crippen molar-refractivity contribution in [2.45, 2.75) is 71.3 Å². The summed E-state index contributed by atoms with van der Waals surface area (Å²) in [6.45, 7) is 10.4. The average molecular weight is 291 g/mol. The van der Waals surface area contributed by atoms with Crippen molar-refractivity contribution < 1.29 is 4.74 Å². The van der Waals surface area contributed by atoms with E-state index in [0.29, 0.717) is 6.61 Å². The zero-order valence-corrected chi connectivity index (χ0v) is 14.3. The number of benzene rings is 1. The van der Waals surface area contributed by atoms with Crippen LogP contribution in [0.15, 0.2) is 24.3 Å². The lowest BCUT2D eigenvalue weighted by Crippen LogP contribution is -2.18. The van der Waals surface area contributed by atoms with E-state index in [0.717, 1.165) is 18.6 Å². The summed E-state index contributed by atoms with van der Waals surface area (Å²) in [6.07, 6.45) is 6.36. The van der Waals surface area contributed by atoms with Gasteiger partial charge in [0, 0.05) is 6.61 Å². The van der Waals surface area contributed by atoms with E-state index in [9.17, 15) is 0 Å². The number of hydrogen-bond donors (Lipinski definition) is 1. The Labute approximate surface area is 131 Å². The summed E-state index contributed by atoms with van der Waals surface area (Å²) >= 11 is 0. The van der Waals surface area contributed by atoms with Gasteiger partial charge in [0.05, 0.1) is 12.6 Å². The van der Waals surface area contributed by atoms with Crippen molar-refractivity contribution in [3.63, 3.8) is 0 Å². The molecule has 0 aliphatic rings. The molecular weight excluding hydrogens is 258 g/mol. The zero-order valence-electron chi connectivity index (χ0n) is 14.3. The Kier molecular flexibility index (Phi) is 7.98. The van der Waals surface area contributed by atoms with E-state index in [1.54, 1.807) is 0 Å². The van der Waals surface area contributed by atoms with Crippen LogP contribution in [0.5, 0.6) is 0 Å². The molecule has 1 aromatic carbocycles. The Bertz CT molecular complexity index is 378. The minimum Gasteiger partial charge on any atom is -0.379 e. The number of hydrogen-bond acceptors (Lipinski definition) is 2. The van der Waals surface area contributed by atoms with E-state index < -0.39 is 0 Å². The van der Waals surface area contributed by atoms with Gasteiger partial charge in [0.1, 0.15) is 0 Å². The second-order valence-corrected chi connectivity index (χ2v) is 6.97. The van der Waals surface area contributed by atoms with Gasteiger partial charge in [-0.3, -0.25) is 0 Å². The van der Waals surface area contributed by atoms with Crippen molar-refractivity contribution in [2.75, 3.05) is 13.2 Å². The van der Waals surface area contributed by atoms with Gasteiger partial charge >= 0.3 is 0 Å². The minimum atomic E-state index is -0.0188. The molecule has 0 saturated carbocycles. The Morgan fingerprint density at radius 2 is 1.62 bits per heavy atom. The first-order valence-corrected chi connectivity index (χ1v) is 8.39. The van der Waals surface area contributed by atoms with Crippen molar-refractivity contribution in [3.8, 4) is 0 Å². The second-order valence-electron chi connectivity index (χ2n) is 6.97. The predicted molar refractivity (Wildman–Crippen MR) is 91.6 cm³/mol. The van der Waals surface area contributed by atoms with Gasteiger partial charge in [0.25, 0.3) is 0 Å². The number of nitrogens with two attached hydrogens (primary N) is 1. The maximum atomic E-state index is 6.19. The fraction of sp³-hybridized carbons (Fsp3) is 0.684. The van der Waals surface area contributed by atoms with Crippen LogP contribution in [0.4, 0.5) is 0 Å². The number of unbranched alkanes of at least 4 members (excludes halogenated alkanes) is 4. The molecule has 1 unspecified atom stereocenters. The SMILES string of the molecule is CCCCCCCOCC(N)c1ccc(C(C)(C)C)cc1. The fourth-order valence-corrected chi connectivity index (χ4v) is 2.34. The lowest BCUT2D eigenvalue weighted by atomic mass is 9.86. The molecule has 21 heavy (non-hydrogen) atoms. The standard InChI is InChI=1S/C19H33NO/c1-5-6-7-8-9-14-21-15-18(20)16-10-12-17(13-11-16)19(2,3)4/h10-13,18H,5-9,14-15,20H2,1-4H3. The molecule has 0 heterocycles. The molecule has 0 radical (unpaired) electrons. The molecule has 0 bridgehead atoms. The molecule has 0 amide bonds. The molecule has 2 nitrogen and oxygen atoms in total. The Hall–Kier alpha value is -0.860. The zero-order chi connectivity index (χ0) is 15.7. The Morgan fingerprint density at radius 1 is 1.00 bits per heavy atom. The Balaban J connectivity index is 2.27. The van der Waals surface area contributed by atoms with Crippen LogP contribution in [-0.2, 0) is 10.2 Å². The van der Waals surface area contributed by atoms with Crippen LogP contribution in [0, 0.1) is 0 Å². The van der Waals surface area contributed by atoms with Crippen LogP contribution < -0.4 is 5.73 Å². The molecule has 0 aliphatic carbocycles. The summed E-state index contributed by atoms with van der Waals surface area (Å²) in [6, 6.07) is 8.61. The lowest BCUT2D eigenvalue weighted by molar-refractivity contribution is 0.117. The first-order chi connectivity index (χ1) is 9.95. The lowest BCUT2D eigenvalue weighted by Gasteiger charge is -2.20. The third-order valence-electron chi connectivity index (χ3n) is 3.89. The largest absolute Gasteiger partial charge is 0.379 e. The van der Waals surface area contributed by atoms with E-state index in [1.807, 2.05) is 0 Å². The van der Waals surface area contributed by atoms with E-state index in [1.165, 1.54) is 31.2 Å². The fourth-order valence-electron chi connectivity index (χ4n) is 2.34. The van der Waals surface area contributed by atoms with Gasteiger partial charge in [0.15, 0.2) is 0 Å². The van der Waals surface area contributed by atoms with Gasteiger partial charge in [-0.1, -0.05) is 77.6 Å². The molecule has 2 N–H and O–H groups in total. The Morgan fingerprint density at radius 3 is 2.19 bits per heavy atom. The summed E-state index contributed by atoms with van der Waals surface area (Å²) < 4.78 is 5.70. The van der Waals surface area contributed by atoms with Crippen LogP contribution in [-0.4, -0.2) is 13.2 Å². The molecule has 120 valence electrons. The molecule has 0 spiro atoms. The van der Waals surface area contributed by atoms with E-state index in [2.05, 4.69) is 52.0 Å². The predicted octanol–water partition coefficient (Wildman–Crippen LogP) is 4.97. The quantitative estimate of drug-likeness (QED) is 0.652. The van der Waals surface area contributed by atoms with E-state index >= 15 is 0 Å². The van der Waals surface area contributed by atoms with Crippen LogP contribution in [0.25, 0.3) is 0 Å². The molecule has 0 aromatic heterocycles. The first-order valence-electron chi connectivity index (χ1n) is 8.39. The summed E-state index contributed by atoms with van der Waals surface area (Å²) in [4.78, 5) is 0. The highest BCUT2D eigenvalue weighted by molar-refractivity contribution is 5.29. The highest BCUT2D eigenvalue weighted by atomic mass is 16.5. The summed E-state index contributed by atoms with van der Waals surface area (Å²) in [7, 11) is 0. The molecule has 1 aromatic rings. The van der Waals surface area contributed by atoms with Crippen LogP contribution in [0.2, 0.25) is 0 Å². The van der Waals surface area contributed by atoms with Gasteiger partial charge < -0.3 is 10.5 Å². The minimum absolute atomic E-state index is 0.0188. The molecule has 0 fully saturated rings. The van der Waals surface area contributed by atoms with Gasteiger partial charge in [-0.2, -0.15) is 0 Å². The molecule has 0 aliphatic heterocycles. The monoisotopic (exact) mass is 291 g/mol. The number of ether oxygens (including phenoxy) is 1. The third kappa shape index (κ3) is 7.10. The topological polar surface area (TPSA) is 35.2 Å². The smallest absolute Gasteiger partial charge is 0.0659 e. The summed E-state index contributed by atoms with van der Waals surface area (Å²) in [5.74, 6) is 0. The maximum Gasteiger partial charge on any atom is 0.0659 e. The van der Waals surface area contributed by atoms with Gasteiger partial charge in [0.2, 0.25) is 0 Å². The molecule has 1 atom stereocenters. The first kappa shape index (κ1) is 18.2. The maximum absolute atomic E-state index is 6.19. The third-order valence-corrected chi connectivity index (χ3v) is 3.89. The molecule has 2 heteroatoms. The molecule has 1 rings (SSSR count). The summed E-state index contributed by atoms with van der Waals surface area (Å²) in [5.41, 5.74) is 8.89. The van der Waals surface area contributed by atoms with Crippen molar-refractivity contribution in [3.05, 3.63) is 35.4 Å². The van der Waals surface area contributed by atoms with Crippen LogP contribution in [0.3, 0.4) is 0 Å². The van der Waals surface area contributed by atoms with Crippen molar-refractivity contribution in [1.29, 1.82) is 0 Å². The summed E-state index contributed by atoms with van der Waals surface area (Å²) in [5, 5.41) is 0. The van der Waals surface area contributed by atoms with Crippen molar-refractivity contribution in [2.24, 2.45) is 5.73 Å². The average Bonchev–Trinajstić information content (AvgIpc) is 2.45. The normalized spacial score (nSPS) is 13.4. The van der Waals surface area contributed by atoms with Gasteiger partial charge in [-0.15, -0.1) is 0 Å². The number of rotatable bonds is 9. The van der Waals surface area contributed by atoms with Gasteiger partial charge in [-0.25, -0.2) is 0 Å². The molecule has 0 saturated heterocycles. The van der Waals surface area contributed by atoms with Crippen molar-refractivity contribution >= 4 is 0 Å². The van der Waals surface area contributed by atoms with E-state index in [4.69, 9.17) is 10.5 Å². The van der Waals surface area contributed by atoms with Gasteiger partial charge in [-0.05, 0) is 23.0 Å². The second kappa shape index (κ2) is 9.22.